The van der Waals surface area contributed by atoms with E-state index in [9.17, 15) is 4.79 Å². The standard InChI is InChI=1S/C20H19NO3/c1-20(2,3)16-10-8-13(9-11-16)17-12-21-18(24-17)14-4-6-15(7-5-14)19(22)23/h4-12H,1-3H3,(H,22,23). The van der Waals surface area contributed by atoms with E-state index in [-0.39, 0.29) is 11.0 Å². The lowest BCUT2D eigenvalue weighted by molar-refractivity contribution is 0.0697. The highest BCUT2D eigenvalue weighted by molar-refractivity contribution is 5.88. The summed E-state index contributed by atoms with van der Waals surface area (Å²) in [4.78, 5) is 15.2. The third-order valence-corrected chi connectivity index (χ3v) is 3.92. The number of carbonyl (C=O) groups is 1. The first-order valence-electron chi connectivity index (χ1n) is 7.75. The highest BCUT2D eigenvalue weighted by atomic mass is 16.4. The average Bonchev–Trinajstić information content (AvgIpc) is 3.04. The van der Waals surface area contributed by atoms with Crippen molar-refractivity contribution in [3.8, 4) is 22.8 Å². The van der Waals surface area contributed by atoms with Crippen LogP contribution in [-0.4, -0.2) is 16.1 Å². The van der Waals surface area contributed by atoms with Crippen molar-refractivity contribution in [3.05, 3.63) is 65.9 Å². The zero-order chi connectivity index (χ0) is 17.3. The van der Waals surface area contributed by atoms with Gasteiger partial charge in [0.1, 0.15) is 0 Å². The van der Waals surface area contributed by atoms with Gasteiger partial charge in [0.2, 0.25) is 5.89 Å². The number of hydrogen-bond donors (Lipinski definition) is 1. The van der Waals surface area contributed by atoms with E-state index in [1.54, 1.807) is 30.5 Å². The molecule has 0 spiro atoms. The van der Waals surface area contributed by atoms with Crippen LogP contribution in [0.2, 0.25) is 0 Å². The van der Waals surface area contributed by atoms with Crippen molar-refractivity contribution in [2.75, 3.05) is 0 Å². The van der Waals surface area contributed by atoms with Gasteiger partial charge in [-0.3, -0.25) is 0 Å². The highest BCUT2D eigenvalue weighted by Gasteiger charge is 2.14. The second-order valence-corrected chi connectivity index (χ2v) is 6.74. The molecule has 0 saturated heterocycles. The fourth-order valence-electron chi connectivity index (χ4n) is 2.43. The van der Waals surface area contributed by atoms with Gasteiger partial charge in [0.15, 0.2) is 5.76 Å². The molecule has 0 aliphatic carbocycles. The monoisotopic (exact) mass is 321 g/mol. The first-order chi connectivity index (χ1) is 11.3. The molecule has 0 aliphatic heterocycles. The molecule has 0 unspecified atom stereocenters. The Balaban J connectivity index is 1.86. The van der Waals surface area contributed by atoms with Gasteiger partial charge in [-0.1, -0.05) is 45.0 Å². The average molecular weight is 321 g/mol. The molecule has 122 valence electrons. The summed E-state index contributed by atoms with van der Waals surface area (Å²) in [6.07, 6.45) is 1.69. The summed E-state index contributed by atoms with van der Waals surface area (Å²) < 4.78 is 5.82. The Morgan fingerprint density at radius 2 is 1.54 bits per heavy atom. The number of carboxylic acids is 1. The molecule has 24 heavy (non-hydrogen) atoms. The summed E-state index contributed by atoms with van der Waals surface area (Å²) in [6.45, 7) is 6.53. The number of carboxylic acid groups (broad SMARTS) is 1. The lowest BCUT2D eigenvalue weighted by atomic mass is 9.86. The van der Waals surface area contributed by atoms with Gasteiger partial charge in [-0.05, 0) is 35.2 Å². The van der Waals surface area contributed by atoms with E-state index in [0.29, 0.717) is 11.7 Å². The smallest absolute Gasteiger partial charge is 0.335 e. The second-order valence-electron chi connectivity index (χ2n) is 6.74. The molecule has 0 radical (unpaired) electrons. The maximum absolute atomic E-state index is 10.9. The van der Waals surface area contributed by atoms with Gasteiger partial charge in [0.25, 0.3) is 0 Å². The minimum Gasteiger partial charge on any atom is -0.478 e. The molecule has 0 bridgehead atoms. The highest BCUT2D eigenvalue weighted by Crippen LogP contribution is 2.29. The molecule has 0 aliphatic rings. The van der Waals surface area contributed by atoms with Crippen molar-refractivity contribution < 1.29 is 14.3 Å². The Labute approximate surface area is 140 Å². The number of rotatable bonds is 3. The van der Waals surface area contributed by atoms with Gasteiger partial charge in [-0.2, -0.15) is 0 Å². The first-order valence-corrected chi connectivity index (χ1v) is 7.75. The largest absolute Gasteiger partial charge is 0.478 e. The van der Waals surface area contributed by atoms with Crippen molar-refractivity contribution in [2.45, 2.75) is 26.2 Å². The van der Waals surface area contributed by atoms with E-state index < -0.39 is 5.97 Å². The van der Waals surface area contributed by atoms with Crippen LogP contribution in [0.4, 0.5) is 0 Å². The summed E-state index contributed by atoms with van der Waals surface area (Å²) in [7, 11) is 0. The van der Waals surface area contributed by atoms with Crippen LogP contribution in [0.5, 0.6) is 0 Å². The Morgan fingerprint density at radius 3 is 2.08 bits per heavy atom. The molecule has 0 atom stereocenters. The number of benzene rings is 2. The van der Waals surface area contributed by atoms with E-state index >= 15 is 0 Å². The molecule has 3 aromatic rings. The number of aromatic carboxylic acids is 1. The van der Waals surface area contributed by atoms with Crippen LogP contribution >= 0.6 is 0 Å². The first kappa shape index (κ1) is 16.0. The van der Waals surface area contributed by atoms with Crippen LogP contribution in [-0.2, 0) is 5.41 Å². The minimum atomic E-state index is -0.950. The molecule has 0 saturated carbocycles. The third kappa shape index (κ3) is 3.23. The molecule has 1 N–H and O–H groups in total. The maximum atomic E-state index is 10.9. The second kappa shape index (κ2) is 5.96. The van der Waals surface area contributed by atoms with Crippen LogP contribution in [0.15, 0.2) is 59.1 Å². The van der Waals surface area contributed by atoms with Crippen molar-refractivity contribution >= 4 is 5.97 Å². The number of aromatic nitrogens is 1. The Bertz CT molecular complexity index is 853. The molecule has 1 heterocycles. The molecular weight excluding hydrogens is 302 g/mol. The molecular formula is C20H19NO3. The SMILES string of the molecule is CC(C)(C)c1ccc(-c2cnc(-c3ccc(C(=O)O)cc3)o2)cc1. The van der Waals surface area contributed by atoms with E-state index in [1.807, 2.05) is 12.1 Å². The fourth-order valence-corrected chi connectivity index (χ4v) is 2.43. The van der Waals surface area contributed by atoms with Gasteiger partial charge in [0, 0.05) is 11.1 Å². The Hall–Kier alpha value is -2.88. The normalized spacial score (nSPS) is 11.5. The maximum Gasteiger partial charge on any atom is 0.335 e. The van der Waals surface area contributed by atoms with Gasteiger partial charge in [0.05, 0.1) is 11.8 Å². The molecule has 1 aromatic heterocycles. The third-order valence-electron chi connectivity index (χ3n) is 3.92. The van der Waals surface area contributed by atoms with E-state index in [2.05, 4.69) is 37.9 Å². The van der Waals surface area contributed by atoms with Gasteiger partial charge in [-0.25, -0.2) is 9.78 Å². The van der Waals surface area contributed by atoms with Crippen molar-refractivity contribution in [3.63, 3.8) is 0 Å². The van der Waals surface area contributed by atoms with Crippen LogP contribution in [0, 0.1) is 0 Å². The van der Waals surface area contributed by atoms with Crippen LogP contribution in [0.1, 0.15) is 36.7 Å². The summed E-state index contributed by atoms with van der Waals surface area (Å²) in [6, 6.07) is 14.7. The molecule has 3 rings (SSSR count). The molecule has 4 nitrogen and oxygen atoms in total. The quantitative estimate of drug-likeness (QED) is 0.737. The van der Waals surface area contributed by atoms with Gasteiger partial charge >= 0.3 is 5.97 Å². The number of nitrogens with zero attached hydrogens (tertiary/aromatic N) is 1. The van der Waals surface area contributed by atoms with Crippen LogP contribution < -0.4 is 0 Å². The number of hydrogen-bond acceptors (Lipinski definition) is 3. The zero-order valence-corrected chi connectivity index (χ0v) is 13.9. The van der Waals surface area contributed by atoms with Gasteiger partial charge in [-0.15, -0.1) is 0 Å². The Morgan fingerprint density at radius 1 is 0.958 bits per heavy atom. The van der Waals surface area contributed by atoms with Crippen molar-refractivity contribution in [1.29, 1.82) is 0 Å². The zero-order valence-electron chi connectivity index (χ0n) is 13.9. The number of oxazole rings is 1. The van der Waals surface area contributed by atoms with Crippen molar-refractivity contribution in [2.24, 2.45) is 0 Å². The summed E-state index contributed by atoms with van der Waals surface area (Å²) >= 11 is 0. The van der Waals surface area contributed by atoms with Crippen molar-refractivity contribution in [1.82, 2.24) is 4.98 Å². The summed E-state index contributed by atoms with van der Waals surface area (Å²) in [5, 5.41) is 8.94. The molecule has 0 amide bonds. The molecule has 2 aromatic carbocycles. The van der Waals surface area contributed by atoms with Crippen LogP contribution in [0.3, 0.4) is 0 Å². The lowest BCUT2D eigenvalue weighted by Crippen LogP contribution is -2.10. The van der Waals surface area contributed by atoms with E-state index in [0.717, 1.165) is 11.1 Å². The topological polar surface area (TPSA) is 63.3 Å². The predicted octanol–water partition coefficient (Wildman–Crippen LogP) is 5.00. The Kier molecular flexibility index (Phi) is 3.97. The molecule has 0 fully saturated rings. The predicted molar refractivity (Wildman–Crippen MR) is 93.0 cm³/mol. The molecule has 4 heteroatoms. The van der Waals surface area contributed by atoms with E-state index in [4.69, 9.17) is 9.52 Å². The van der Waals surface area contributed by atoms with Gasteiger partial charge < -0.3 is 9.52 Å². The fraction of sp³-hybridized carbons (Fsp3) is 0.200. The minimum absolute atomic E-state index is 0.108. The van der Waals surface area contributed by atoms with E-state index in [1.165, 1.54) is 5.56 Å². The van der Waals surface area contributed by atoms with Crippen LogP contribution in [0.25, 0.3) is 22.8 Å². The summed E-state index contributed by atoms with van der Waals surface area (Å²) in [5.74, 6) is 0.211. The lowest BCUT2D eigenvalue weighted by Gasteiger charge is -2.18. The summed E-state index contributed by atoms with van der Waals surface area (Å²) in [5.41, 5.74) is 3.32.